The first-order valence-corrected chi connectivity index (χ1v) is 8.75. The molecule has 0 heterocycles. The van der Waals surface area contributed by atoms with Crippen LogP contribution in [0.3, 0.4) is 0 Å². The molecule has 6 heteroatoms. The summed E-state index contributed by atoms with van der Waals surface area (Å²) in [7, 11) is 3.47. The molecule has 0 aromatic heterocycles. The van der Waals surface area contributed by atoms with Crippen LogP contribution < -0.4 is 10.6 Å². The highest BCUT2D eigenvalue weighted by atomic mass is 79.9. The number of nitrogens with zero attached hydrogens (tertiary/aromatic N) is 1. The minimum absolute atomic E-state index is 0.216. The minimum atomic E-state index is -0.216. The van der Waals surface area contributed by atoms with E-state index in [0.717, 1.165) is 24.0 Å². The number of ether oxygens (including phenoxy) is 1. The Bertz CT molecular complexity index is 547. The van der Waals surface area contributed by atoms with Gasteiger partial charge < -0.3 is 15.4 Å². The monoisotopic (exact) mass is 385 g/mol. The molecule has 0 spiro atoms. The molecule has 1 aliphatic rings. The van der Waals surface area contributed by atoms with Crippen molar-refractivity contribution < 1.29 is 9.13 Å². The van der Waals surface area contributed by atoms with Crippen molar-refractivity contribution in [3.63, 3.8) is 0 Å². The lowest BCUT2D eigenvalue weighted by Crippen LogP contribution is -2.46. The molecule has 2 rings (SSSR count). The number of hydrogen-bond donors (Lipinski definition) is 2. The Balaban J connectivity index is 1.85. The lowest BCUT2D eigenvalue weighted by atomic mass is 9.67. The summed E-state index contributed by atoms with van der Waals surface area (Å²) in [4.78, 5) is 4.23. The van der Waals surface area contributed by atoms with Crippen LogP contribution in [-0.2, 0) is 11.3 Å². The fraction of sp³-hybridized carbons (Fsp3) is 0.588. The van der Waals surface area contributed by atoms with Gasteiger partial charge in [-0.2, -0.15) is 0 Å². The predicted octanol–water partition coefficient (Wildman–Crippen LogP) is 3.46. The molecule has 2 N–H and O–H groups in total. The summed E-state index contributed by atoms with van der Waals surface area (Å²) in [6.07, 6.45) is 4.79. The van der Waals surface area contributed by atoms with E-state index in [0.29, 0.717) is 23.5 Å². The molecule has 23 heavy (non-hydrogen) atoms. The van der Waals surface area contributed by atoms with E-state index >= 15 is 0 Å². The summed E-state index contributed by atoms with van der Waals surface area (Å²) in [5, 5.41) is 6.55. The van der Waals surface area contributed by atoms with E-state index in [1.807, 2.05) is 0 Å². The van der Waals surface area contributed by atoms with Crippen LogP contribution in [0.15, 0.2) is 27.7 Å². The highest BCUT2D eigenvalue weighted by molar-refractivity contribution is 9.10. The van der Waals surface area contributed by atoms with Crippen LogP contribution >= 0.6 is 15.9 Å². The first-order chi connectivity index (χ1) is 11.1. The van der Waals surface area contributed by atoms with E-state index in [-0.39, 0.29) is 5.82 Å². The van der Waals surface area contributed by atoms with Gasteiger partial charge in [0, 0.05) is 43.9 Å². The molecule has 1 aliphatic carbocycles. The van der Waals surface area contributed by atoms with Gasteiger partial charge in [0.1, 0.15) is 5.82 Å². The average molecular weight is 386 g/mol. The molecular formula is C17H25BrFN3O. The largest absolute Gasteiger partial charge is 0.385 e. The number of methoxy groups -OCH3 is 1. The highest BCUT2D eigenvalue weighted by Gasteiger charge is 2.36. The summed E-state index contributed by atoms with van der Waals surface area (Å²) in [6, 6.07) is 4.94. The molecule has 128 valence electrons. The predicted molar refractivity (Wildman–Crippen MR) is 95.1 cm³/mol. The molecule has 0 aliphatic heterocycles. The highest BCUT2D eigenvalue weighted by Crippen LogP contribution is 2.43. The van der Waals surface area contributed by atoms with Crippen molar-refractivity contribution in [1.29, 1.82) is 0 Å². The van der Waals surface area contributed by atoms with Crippen LogP contribution in [-0.4, -0.2) is 33.3 Å². The van der Waals surface area contributed by atoms with Gasteiger partial charge in [-0.3, -0.25) is 4.99 Å². The fourth-order valence-electron chi connectivity index (χ4n) is 2.86. The second-order valence-electron chi connectivity index (χ2n) is 6.11. The molecule has 4 nitrogen and oxygen atoms in total. The van der Waals surface area contributed by atoms with Gasteiger partial charge in [-0.1, -0.05) is 22.4 Å². The van der Waals surface area contributed by atoms with Gasteiger partial charge in [0.25, 0.3) is 0 Å². The first-order valence-electron chi connectivity index (χ1n) is 7.96. The topological polar surface area (TPSA) is 45.7 Å². The van der Waals surface area contributed by atoms with Crippen LogP contribution in [0.1, 0.15) is 31.2 Å². The third-order valence-corrected chi connectivity index (χ3v) is 5.05. The first kappa shape index (κ1) is 18.2. The van der Waals surface area contributed by atoms with Crippen molar-refractivity contribution >= 4 is 21.9 Å². The van der Waals surface area contributed by atoms with Crippen LogP contribution in [0.4, 0.5) is 4.39 Å². The van der Waals surface area contributed by atoms with E-state index in [1.165, 1.54) is 25.3 Å². The van der Waals surface area contributed by atoms with Crippen molar-refractivity contribution in [1.82, 2.24) is 10.6 Å². The third-order valence-electron chi connectivity index (χ3n) is 4.56. The molecule has 0 unspecified atom stereocenters. The number of nitrogens with one attached hydrogen (secondary N) is 2. The van der Waals surface area contributed by atoms with Crippen LogP contribution in [0.5, 0.6) is 0 Å². The van der Waals surface area contributed by atoms with Gasteiger partial charge in [-0.25, -0.2) is 4.39 Å². The maximum atomic E-state index is 13.8. The smallest absolute Gasteiger partial charge is 0.191 e. The Morgan fingerprint density at radius 3 is 2.78 bits per heavy atom. The summed E-state index contributed by atoms with van der Waals surface area (Å²) in [5.41, 5.74) is 0.925. The van der Waals surface area contributed by atoms with Crippen LogP contribution in [0, 0.1) is 11.2 Å². The standard InChI is InChI=1S/C17H25BrFN3O/c1-20-16(21-11-13-10-14(18)4-5-15(13)19)22-12-17(6-3-7-17)8-9-23-2/h4-5,10H,3,6-9,11-12H2,1-2H3,(H2,20,21,22). The van der Waals surface area contributed by atoms with Gasteiger partial charge >= 0.3 is 0 Å². The Kier molecular flexibility index (Phi) is 6.84. The molecule has 0 bridgehead atoms. The van der Waals surface area contributed by atoms with Gasteiger partial charge in [-0.15, -0.1) is 0 Å². The third kappa shape index (κ3) is 5.18. The van der Waals surface area contributed by atoms with Crippen LogP contribution in [0.25, 0.3) is 0 Å². The van der Waals surface area contributed by atoms with Crippen molar-refractivity contribution in [3.8, 4) is 0 Å². The normalized spacial score (nSPS) is 16.8. The average Bonchev–Trinajstić information content (AvgIpc) is 2.51. The zero-order valence-corrected chi connectivity index (χ0v) is 15.4. The van der Waals surface area contributed by atoms with Crippen molar-refractivity contribution in [2.24, 2.45) is 10.4 Å². The maximum absolute atomic E-state index is 13.8. The van der Waals surface area contributed by atoms with Gasteiger partial charge in [0.2, 0.25) is 0 Å². The second kappa shape index (κ2) is 8.64. The van der Waals surface area contributed by atoms with Gasteiger partial charge in [0.15, 0.2) is 5.96 Å². The van der Waals surface area contributed by atoms with Gasteiger partial charge in [0.05, 0.1) is 0 Å². The number of guanidine groups is 1. The fourth-order valence-corrected chi connectivity index (χ4v) is 3.27. The number of aliphatic imine (C=N–C) groups is 1. The molecule has 1 aromatic carbocycles. The van der Waals surface area contributed by atoms with E-state index in [1.54, 1.807) is 26.3 Å². The Labute approximate surface area is 146 Å². The molecular weight excluding hydrogens is 361 g/mol. The van der Waals surface area contributed by atoms with E-state index in [2.05, 4.69) is 31.6 Å². The van der Waals surface area contributed by atoms with Crippen LogP contribution in [0.2, 0.25) is 0 Å². The van der Waals surface area contributed by atoms with Crippen molar-refractivity contribution in [2.75, 3.05) is 27.3 Å². The Morgan fingerprint density at radius 1 is 1.39 bits per heavy atom. The Morgan fingerprint density at radius 2 is 2.17 bits per heavy atom. The molecule has 0 atom stereocenters. The lowest BCUT2D eigenvalue weighted by molar-refractivity contribution is 0.0732. The lowest BCUT2D eigenvalue weighted by Gasteiger charge is -2.42. The number of halogens is 2. The number of benzene rings is 1. The van der Waals surface area contributed by atoms with Gasteiger partial charge in [-0.05, 0) is 42.9 Å². The van der Waals surface area contributed by atoms with E-state index < -0.39 is 0 Å². The quantitative estimate of drug-likeness (QED) is 0.557. The molecule has 0 radical (unpaired) electrons. The summed E-state index contributed by atoms with van der Waals surface area (Å²) < 4.78 is 19.9. The molecule has 0 amide bonds. The van der Waals surface area contributed by atoms with E-state index in [4.69, 9.17) is 4.74 Å². The molecule has 1 saturated carbocycles. The number of rotatable bonds is 7. The maximum Gasteiger partial charge on any atom is 0.191 e. The minimum Gasteiger partial charge on any atom is -0.385 e. The van der Waals surface area contributed by atoms with Crippen molar-refractivity contribution in [2.45, 2.75) is 32.2 Å². The molecule has 1 fully saturated rings. The zero-order chi connectivity index (χ0) is 16.7. The van der Waals surface area contributed by atoms with E-state index in [9.17, 15) is 4.39 Å². The summed E-state index contributed by atoms with van der Waals surface area (Å²) in [6.45, 7) is 2.06. The second-order valence-corrected chi connectivity index (χ2v) is 7.03. The summed E-state index contributed by atoms with van der Waals surface area (Å²) >= 11 is 3.37. The zero-order valence-electron chi connectivity index (χ0n) is 13.8. The summed E-state index contributed by atoms with van der Waals surface area (Å²) in [5.74, 6) is 0.486. The molecule has 0 saturated heterocycles. The molecule has 1 aromatic rings. The SMILES string of the molecule is CN=C(NCc1cc(Br)ccc1F)NCC1(CCOC)CCC1. The Hall–Kier alpha value is -1.14. The number of hydrogen-bond acceptors (Lipinski definition) is 2. The van der Waals surface area contributed by atoms with Crippen molar-refractivity contribution in [3.05, 3.63) is 34.1 Å².